The van der Waals surface area contributed by atoms with Crippen LogP contribution in [0, 0.1) is 5.92 Å². The maximum Gasteiger partial charge on any atom is 0.309 e. The molecule has 2 atom stereocenters. The van der Waals surface area contributed by atoms with Crippen LogP contribution in [0.5, 0.6) is 0 Å². The van der Waals surface area contributed by atoms with Crippen molar-refractivity contribution in [3.8, 4) is 0 Å². The number of carboxylic acids is 1. The number of aromatic nitrogens is 1. The molecule has 0 aromatic carbocycles. The number of rotatable bonds is 2. The molecule has 1 aromatic heterocycles. The number of aryl methyl sites for hydroxylation is 1. The van der Waals surface area contributed by atoms with Crippen molar-refractivity contribution in [2.24, 2.45) is 13.0 Å². The number of likely N-dealkylation sites (N-methyl/N-ethyl adjacent to an activating group) is 1. The number of amides is 1. The molecule has 0 bridgehead atoms. The first-order chi connectivity index (χ1) is 11.0. The van der Waals surface area contributed by atoms with E-state index in [1.807, 2.05) is 41.9 Å². The van der Waals surface area contributed by atoms with Crippen LogP contribution in [0.3, 0.4) is 0 Å². The van der Waals surface area contributed by atoms with Crippen molar-refractivity contribution in [2.75, 3.05) is 46.3 Å². The van der Waals surface area contributed by atoms with Gasteiger partial charge in [-0.3, -0.25) is 14.5 Å². The summed E-state index contributed by atoms with van der Waals surface area (Å²) in [5.74, 6) is -1.04. The van der Waals surface area contributed by atoms with Gasteiger partial charge in [0, 0.05) is 58.6 Å². The molecule has 23 heavy (non-hydrogen) atoms. The van der Waals surface area contributed by atoms with E-state index in [2.05, 4.69) is 9.80 Å². The van der Waals surface area contributed by atoms with Crippen LogP contribution in [0.1, 0.15) is 10.5 Å². The molecule has 2 aliphatic rings. The first kappa shape index (κ1) is 16.0. The van der Waals surface area contributed by atoms with E-state index in [0.29, 0.717) is 31.9 Å². The second-order valence-electron chi connectivity index (χ2n) is 6.66. The Morgan fingerprint density at radius 3 is 2.57 bits per heavy atom. The van der Waals surface area contributed by atoms with Crippen molar-refractivity contribution in [3.05, 3.63) is 24.0 Å². The summed E-state index contributed by atoms with van der Waals surface area (Å²) in [5, 5.41) is 9.35. The molecule has 3 rings (SSSR count). The van der Waals surface area contributed by atoms with Crippen molar-refractivity contribution in [3.63, 3.8) is 0 Å². The standard InChI is InChI=1S/C16H24N4O3/c1-17-8-12(16(22)23)9-19-6-7-20(11-13(19)10-17)15(21)14-4-3-5-18(14)2/h3-5,12-13H,6-11H2,1-2H3,(H,22,23)/t12-,13-/m1/s1. The van der Waals surface area contributed by atoms with E-state index in [9.17, 15) is 14.7 Å². The van der Waals surface area contributed by atoms with Crippen LogP contribution in [0.4, 0.5) is 0 Å². The average Bonchev–Trinajstić information content (AvgIpc) is 2.84. The number of carbonyl (C=O) groups excluding carboxylic acids is 1. The van der Waals surface area contributed by atoms with Crippen molar-refractivity contribution in [1.82, 2.24) is 19.3 Å². The Balaban J connectivity index is 1.71. The molecule has 0 radical (unpaired) electrons. The third kappa shape index (κ3) is 3.25. The highest BCUT2D eigenvalue weighted by atomic mass is 16.4. The van der Waals surface area contributed by atoms with E-state index >= 15 is 0 Å². The summed E-state index contributed by atoms with van der Waals surface area (Å²) in [5.41, 5.74) is 0.698. The molecule has 126 valence electrons. The normalized spacial score (nSPS) is 26.6. The Hall–Kier alpha value is -1.86. The molecule has 7 nitrogen and oxygen atoms in total. The van der Waals surface area contributed by atoms with E-state index in [4.69, 9.17) is 0 Å². The molecule has 0 aliphatic carbocycles. The minimum absolute atomic E-state index is 0.0545. The third-order valence-corrected chi connectivity index (χ3v) is 4.91. The molecule has 0 spiro atoms. The van der Waals surface area contributed by atoms with Gasteiger partial charge in [0.2, 0.25) is 0 Å². The minimum Gasteiger partial charge on any atom is -0.481 e. The molecular weight excluding hydrogens is 296 g/mol. The fourth-order valence-corrected chi connectivity index (χ4v) is 3.64. The number of fused-ring (bicyclic) bond motifs is 1. The van der Waals surface area contributed by atoms with Gasteiger partial charge in [-0.1, -0.05) is 0 Å². The van der Waals surface area contributed by atoms with Crippen LogP contribution in [0.25, 0.3) is 0 Å². The summed E-state index contributed by atoms with van der Waals surface area (Å²) in [6.45, 7) is 3.96. The lowest BCUT2D eigenvalue weighted by Crippen LogP contribution is -2.57. The highest BCUT2D eigenvalue weighted by molar-refractivity contribution is 5.92. The van der Waals surface area contributed by atoms with E-state index in [0.717, 1.165) is 13.1 Å². The highest BCUT2D eigenvalue weighted by Crippen LogP contribution is 2.19. The fourth-order valence-electron chi connectivity index (χ4n) is 3.64. The molecule has 1 N–H and O–H groups in total. The van der Waals surface area contributed by atoms with E-state index in [1.165, 1.54) is 0 Å². The van der Waals surface area contributed by atoms with Gasteiger partial charge in [-0.2, -0.15) is 0 Å². The van der Waals surface area contributed by atoms with Crippen molar-refractivity contribution in [1.29, 1.82) is 0 Å². The monoisotopic (exact) mass is 320 g/mol. The second kappa shape index (κ2) is 6.33. The fraction of sp³-hybridized carbons (Fsp3) is 0.625. The summed E-state index contributed by atoms with van der Waals surface area (Å²) >= 11 is 0. The predicted octanol–water partition coefficient (Wildman–Crippen LogP) is -0.202. The number of aliphatic carboxylic acids is 1. The lowest BCUT2D eigenvalue weighted by atomic mass is 10.1. The highest BCUT2D eigenvalue weighted by Gasteiger charge is 2.36. The van der Waals surface area contributed by atoms with Gasteiger partial charge >= 0.3 is 5.97 Å². The number of nitrogens with zero attached hydrogens (tertiary/aromatic N) is 4. The Morgan fingerprint density at radius 1 is 1.13 bits per heavy atom. The minimum atomic E-state index is -0.736. The molecule has 0 unspecified atom stereocenters. The lowest BCUT2D eigenvalue weighted by molar-refractivity contribution is -0.142. The largest absolute Gasteiger partial charge is 0.481 e. The third-order valence-electron chi connectivity index (χ3n) is 4.91. The average molecular weight is 320 g/mol. The zero-order valence-electron chi connectivity index (χ0n) is 13.7. The van der Waals surface area contributed by atoms with Crippen molar-refractivity contribution in [2.45, 2.75) is 6.04 Å². The topological polar surface area (TPSA) is 69.0 Å². The number of carbonyl (C=O) groups is 2. The molecule has 1 amide bonds. The molecule has 2 fully saturated rings. The summed E-state index contributed by atoms with van der Waals surface area (Å²) in [4.78, 5) is 30.2. The van der Waals surface area contributed by atoms with Gasteiger partial charge in [-0.05, 0) is 19.2 Å². The van der Waals surface area contributed by atoms with Crippen LogP contribution in [0.15, 0.2) is 18.3 Å². The van der Waals surface area contributed by atoms with E-state index < -0.39 is 5.97 Å². The molecular formula is C16H24N4O3. The van der Waals surface area contributed by atoms with Crippen molar-refractivity contribution < 1.29 is 14.7 Å². The maximum absolute atomic E-state index is 12.7. The van der Waals surface area contributed by atoms with Gasteiger partial charge in [0.25, 0.3) is 5.91 Å². The Labute approximate surface area is 136 Å². The summed E-state index contributed by atoms with van der Waals surface area (Å²) in [6, 6.07) is 3.91. The maximum atomic E-state index is 12.7. The van der Waals surface area contributed by atoms with Gasteiger partial charge in [-0.25, -0.2) is 0 Å². The molecule has 3 heterocycles. The lowest BCUT2D eigenvalue weighted by Gasteiger charge is -2.41. The first-order valence-corrected chi connectivity index (χ1v) is 8.01. The van der Waals surface area contributed by atoms with Gasteiger partial charge in [0.15, 0.2) is 0 Å². The number of hydrogen-bond donors (Lipinski definition) is 1. The van der Waals surface area contributed by atoms with E-state index in [1.54, 1.807) is 0 Å². The molecule has 7 heteroatoms. The number of carboxylic acid groups (broad SMARTS) is 1. The van der Waals surface area contributed by atoms with Crippen LogP contribution in [-0.2, 0) is 11.8 Å². The Kier molecular flexibility index (Phi) is 4.41. The zero-order chi connectivity index (χ0) is 16.6. The predicted molar refractivity (Wildman–Crippen MR) is 85.3 cm³/mol. The smallest absolute Gasteiger partial charge is 0.309 e. The number of piperazine rings is 1. The van der Waals surface area contributed by atoms with Gasteiger partial charge in [0.1, 0.15) is 5.69 Å². The number of hydrogen-bond acceptors (Lipinski definition) is 4. The summed E-state index contributed by atoms with van der Waals surface area (Å²) < 4.78 is 1.84. The van der Waals surface area contributed by atoms with Crippen LogP contribution < -0.4 is 0 Å². The summed E-state index contributed by atoms with van der Waals surface area (Å²) in [6.07, 6.45) is 1.88. The second-order valence-corrected chi connectivity index (χ2v) is 6.66. The molecule has 1 aromatic rings. The Bertz CT molecular complexity index is 600. The van der Waals surface area contributed by atoms with Crippen LogP contribution in [-0.4, -0.2) is 88.6 Å². The van der Waals surface area contributed by atoms with Crippen molar-refractivity contribution >= 4 is 11.9 Å². The zero-order valence-corrected chi connectivity index (χ0v) is 13.7. The molecule has 2 aliphatic heterocycles. The SMILES string of the molecule is CN1C[C@@H](C(=O)O)CN2CCN(C(=O)c3cccn3C)C[C@H]2C1. The first-order valence-electron chi connectivity index (χ1n) is 8.01. The van der Waals surface area contributed by atoms with Crippen LogP contribution >= 0.6 is 0 Å². The van der Waals surface area contributed by atoms with E-state index in [-0.39, 0.29) is 17.9 Å². The van der Waals surface area contributed by atoms with Gasteiger partial charge in [-0.15, -0.1) is 0 Å². The quantitative estimate of drug-likeness (QED) is 0.817. The molecule has 0 saturated carbocycles. The van der Waals surface area contributed by atoms with Gasteiger partial charge < -0.3 is 19.5 Å². The Morgan fingerprint density at radius 2 is 1.91 bits per heavy atom. The summed E-state index contributed by atoms with van der Waals surface area (Å²) in [7, 11) is 3.83. The van der Waals surface area contributed by atoms with Crippen LogP contribution in [0.2, 0.25) is 0 Å². The molecule has 2 saturated heterocycles. The van der Waals surface area contributed by atoms with Gasteiger partial charge in [0.05, 0.1) is 5.92 Å².